The number of carbonyl (C=O) groups is 1. The standard InChI is InChI=1S/C19H19ClN4O4/c1-24-15(19(26)21-13-6-7-13)8-17(22-24)27-10-14-16(9-25)28-23-18(14)11-2-4-12(20)5-3-11/h2-5,8,13,25H,6-7,9-10H2,1H3,(H,21,26). The van der Waals surface area contributed by atoms with Crippen LogP contribution >= 0.6 is 11.6 Å². The van der Waals surface area contributed by atoms with Gasteiger partial charge in [-0.2, -0.15) is 0 Å². The summed E-state index contributed by atoms with van der Waals surface area (Å²) in [6, 6.07) is 8.97. The third-order valence-electron chi connectivity index (χ3n) is 4.50. The molecule has 9 heteroatoms. The molecular weight excluding hydrogens is 384 g/mol. The van der Waals surface area contributed by atoms with Crippen molar-refractivity contribution in [3.8, 4) is 17.1 Å². The summed E-state index contributed by atoms with van der Waals surface area (Å²) >= 11 is 5.94. The second-order valence-corrected chi connectivity index (χ2v) is 7.06. The molecule has 2 heterocycles. The van der Waals surface area contributed by atoms with Gasteiger partial charge < -0.3 is 19.7 Å². The van der Waals surface area contributed by atoms with Crippen molar-refractivity contribution in [3.05, 3.63) is 52.4 Å². The lowest BCUT2D eigenvalue weighted by molar-refractivity contribution is 0.0941. The van der Waals surface area contributed by atoms with Crippen molar-refractivity contribution in [1.82, 2.24) is 20.3 Å². The van der Waals surface area contributed by atoms with Gasteiger partial charge in [-0.1, -0.05) is 28.9 Å². The van der Waals surface area contributed by atoms with E-state index in [0.29, 0.717) is 33.6 Å². The third kappa shape index (κ3) is 3.88. The molecule has 28 heavy (non-hydrogen) atoms. The van der Waals surface area contributed by atoms with Crippen LogP contribution in [0.15, 0.2) is 34.9 Å². The summed E-state index contributed by atoms with van der Waals surface area (Å²) in [6.45, 7) is -0.228. The number of amides is 1. The van der Waals surface area contributed by atoms with Crippen LogP contribution in [0.2, 0.25) is 5.02 Å². The van der Waals surface area contributed by atoms with Crippen molar-refractivity contribution in [2.45, 2.75) is 32.1 Å². The first kappa shape index (κ1) is 18.5. The highest BCUT2D eigenvalue weighted by atomic mass is 35.5. The number of rotatable bonds is 7. The number of carbonyl (C=O) groups excluding carboxylic acids is 1. The lowest BCUT2D eigenvalue weighted by atomic mass is 10.1. The van der Waals surface area contributed by atoms with Crippen molar-refractivity contribution in [2.75, 3.05) is 0 Å². The molecule has 2 aromatic heterocycles. The van der Waals surface area contributed by atoms with E-state index in [2.05, 4.69) is 15.6 Å². The first-order valence-corrected chi connectivity index (χ1v) is 9.25. The Morgan fingerprint density at radius 3 is 2.82 bits per heavy atom. The number of hydrogen-bond acceptors (Lipinski definition) is 6. The normalized spacial score (nSPS) is 13.5. The second kappa shape index (κ2) is 7.65. The largest absolute Gasteiger partial charge is 0.471 e. The Labute approximate surface area is 166 Å². The molecule has 0 bridgehead atoms. The maximum Gasteiger partial charge on any atom is 0.269 e. The number of aryl methyl sites for hydroxylation is 1. The highest BCUT2D eigenvalue weighted by Crippen LogP contribution is 2.28. The second-order valence-electron chi connectivity index (χ2n) is 6.63. The minimum absolute atomic E-state index is 0.0814. The minimum Gasteiger partial charge on any atom is -0.471 e. The zero-order valence-corrected chi connectivity index (χ0v) is 15.9. The quantitative estimate of drug-likeness (QED) is 0.630. The van der Waals surface area contributed by atoms with Gasteiger partial charge in [0.25, 0.3) is 5.91 Å². The van der Waals surface area contributed by atoms with E-state index in [4.69, 9.17) is 20.9 Å². The Morgan fingerprint density at radius 1 is 1.39 bits per heavy atom. The van der Waals surface area contributed by atoms with Gasteiger partial charge in [0, 0.05) is 29.7 Å². The molecular formula is C19H19ClN4O4. The fourth-order valence-corrected chi connectivity index (χ4v) is 2.93. The van der Waals surface area contributed by atoms with E-state index in [-0.39, 0.29) is 25.2 Å². The van der Waals surface area contributed by atoms with Crippen LogP contribution in [0.5, 0.6) is 5.88 Å². The third-order valence-corrected chi connectivity index (χ3v) is 4.75. The maximum atomic E-state index is 12.2. The molecule has 1 fully saturated rings. The number of halogens is 1. The van der Waals surface area contributed by atoms with Crippen molar-refractivity contribution in [1.29, 1.82) is 0 Å². The van der Waals surface area contributed by atoms with Crippen molar-refractivity contribution >= 4 is 17.5 Å². The minimum atomic E-state index is -0.309. The molecule has 4 rings (SSSR count). The number of aromatic nitrogens is 3. The first-order chi connectivity index (χ1) is 13.5. The van der Waals surface area contributed by atoms with Crippen LogP contribution in [0, 0.1) is 0 Å². The lowest BCUT2D eigenvalue weighted by Crippen LogP contribution is -2.27. The number of benzene rings is 1. The summed E-state index contributed by atoms with van der Waals surface area (Å²) in [5.41, 5.74) is 2.38. The predicted molar refractivity (Wildman–Crippen MR) is 101 cm³/mol. The topological polar surface area (TPSA) is 102 Å². The molecule has 0 unspecified atom stereocenters. The summed E-state index contributed by atoms with van der Waals surface area (Å²) in [7, 11) is 1.69. The molecule has 2 N–H and O–H groups in total. The Bertz CT molecular complexity index is 992. The molecule has 1 aromatic carbocycles. The molecule has 0 atom stereocenters. The smallest absolute Gasteiger partial charge is 0.269 e. The fraction of sp³-hybridized carbons (Fsp3) is 0.316. The molecule has 0 aliphatic heterocycles. The summed E-state index contributed by atoms with van der Waals surface area (Å²) in [4.78, 5) is 12.2. The molecule has 146 valence electrons. The van der Waals surface area contributed by atoms with Gasteiger partial charge in [0.2, 0.25) is 5.88 Å². The van der Waals surface area contributed by atoms with Crippen LogP contribution in [0.1, 0.15) is 34.7 Å². The SMILES string of the molecule is Cn1nc(OCc2c(-c3ccc(Cl)cc3)noc2CO)cc1C(=O)NC1CC1. The van der Waals surface area contributed by atoms with Gasteiger partial charge in [0.05, 0.1) is 5.56 Å². The zero-order chi connectivity index (χ0) is 19.7. The average Bonchev–Trinajstić information content (AvgIpc) is 3.27. The molecule has 0 saturated heterocycles. The monoisotopic (exact) mass is 402 g/mol. The van der Waals surface area contributed by atoms with Crippen molar-refractivity contribution < 1.29 is 19.2 Å². The van der Waals surface area contributed by atoms with Gasteiger partial charge in [0.1, 0.15) is 24.6 Å². The lowest BCUT2D eigenvalue weighted by Gasteiger charge is -2.05. The number of aliphatic hydroxyl groups excluding tert-OH is 1. The van der Waals surface area contributed by atoms with Crippen LogP contribution in [-0.4, -0.2) is 32.0 Å². The molecule has 0 radical (unpaired) electrons. The van der Waals surface area contributed by atoms with Gasteiger partial charge in [-0.25, -0.2) is 0 Å². The van der Waals surface area contributed by atoms with E-state index in [1.807, 2.05) is 12.1 Å². The molecule has 1 aliphatic rings. The molecule has 8 nitrogen and oxygen atoms in total. The van der Waals surface area contributed by atoms with Gasteiger partial charge in [-0.15, -0.1) is 5.10 Å². The Kier molecular flexibility index (Phi) is 5.06. The van der Waals surface area contributed by atoms with E-state index >= 15 is 0 Å². The zero-order valence-electron chi connectivity index (χ0n) is 15.2. The Hall–Kier alpha value is -2.84. The van der Waals surface area contributed by atoms with Crippen molar-refractivity contribution in [3.63, 3.8) is 0 Å². The van der Waals surface area contributed by atoms with Gasteiger partial charge >= 0.3 is 0 Å². The highest BCUT2D eigenvalue weighted by molar-refractivity contribution is 6.30. The first-order valence-electron chi connectivity index (χ1n) is 8.87. The van der Waals surface area contributed by atoms with Crippen LogP contribution in [0.25, 0.3) is 11.3 Å². The van der Waals surface area contributed by atoms with E-state index in [1.54, 1.807) is 25.2 Å². The van der Waals surface area contributed by atoms with E-state index in [9.17, 15) is 9.90 Å². The van der Waals surface area contributed by atoms with Gasteiger partial charge in [0.15, 0.2) is 5.76 Å². The fourth-order valence-electron chi connectivity index (χ4n) is 2.81. The molecule has 3 aromatic rings. The highest BCUT2D eigenvalue weighted by Gasteiger charge is 2.26. The number of nitrogens with one attached hydrogen (secondary N) is 1. The summed E-state index contributed by atoms with van der Waals surface area (Å²) in [5, 5.41) is 21.4. The molecule has 0 spiro atoms. The predicted octanol–water partition coefficient (Wildman–Crippen LogP) is 2.69. The van der Waals surface area contributed by atoms with Crippen LogP contribution in [-0.2, 0) is 20.3 Å². The summed E-state index contributed by atoms with van der Waals surface area (Å²) in [5.74, 6) is 0.443. The average molecular weight is 403 g/mol. The van der Waals surface area contributed by atoms with E-state index in [0.717, 1.165) is 18.4 Å². The van der Waals surface area contributed by atoms with Crippen molar-refractivity contribution in [2.24, 2.45) is 7.05 Å². The van der Waals surface area contributed by atoms with Gasteiger partial charge in [-0.05, 0) is 25.0 Å². The summed E-state index contributed by atoms with van der Waals surface area (Å²) in [6.07, 6.45) is 2.02. The van der Waals surface area contributed by atoms with Crippen LogP contribution in [0.4, 0.5) is 0 Å². The number of ether oxygens (including phenoxy) is 1. The maximum absolute atomic E-state index is 12.2. The number of aliphatic hydroxyl groups is 1. The van der Waals surface area contributed by atoms with Gasteiger partial charge in [-0.3, -0.25) is 9.48 Å². The molecule has 1 amide bonds. The number of hydrogen-bond donors (Lipinski definition) is 2. The van der Waals surface area contributed by atoms with E-state index < -0.39 is 0 Å². The van der Waals surface area contributed by atoms with E-state index in [1.165, 1.54) is 4.68 Å². The van der Waals surface area contributed by atoms with Crippen LogP contribution < -0.4 is 10.1 Å². The summed E-state index contributed by atoms with van der Waals surface area (Å²) < 4.78 is 12.5. The Balaban J connectivity index is 1.52. The molecule has 1 aliphatic carbocycles. The molecule has 1 saturated carbocycles. The number of nitrogens with zero attached hydrogens (tertiary/aromatic N) is 3. The Morgan fingerprint density at radius 2 is 2.14 bits per heavy atom. The van der Waals surface area contributed by atoms with Crippen LogP contribution in [0.3, 0.4) is 0 Å².